The molecule has 0 saturated heterocycles. The molecule has 5 heteroatoms. The molecule has 0 unspecified atom stereocenters. The number of hydrogen-bond acceptors (Lipinski definition) is 5. The number of aromatic nitrogens is 2. The van der Waals surface area contributed by atoms with Crippen molar-refractivity contribution in [2.75, 3.05) is 17.2 Å². The number of para-hydroxylation sites is 1. The minimum absolute atomic E-state index is 0.392. The van der Waals surface area contributed by atoms with Crippen molar-refractivity contribution in [1.82, 2.24) is 9.97 Å². The Hall–Kier alpha value is -3.08. The lowest BCUT2D eigenvalue weighted by Gasteiger charge is -2.31. The highest BCUT2D eigenvalue weighted by Crippen LogP contribution is 2.38. The molecule has 0 spiro atoms. The lowest BCUT2D eigenvalue weighted by molar-refractivity contribution is 0.463. The number of ether oxygens (including phenoxy) is 1. The van der Waals surface area contributed by atoms with Gasteiger partial charge in [0.15, 0.2) is 5.82 Å². The lowest BCUT2D eigenvalue weighted by atomic mass is 10.0. The van der Waals surface area contributed by atoms with E-state index >= 15 is 0 Å². The maximum absolute atomic E-state index is 6.40. The number of fused-ring (bicyclic) bond motifs is 1. The summed E-state index contributed by atoms with van der Waals surface area (Å²) >= 11 is 0. The van der Waals surface area contributed by atoms with E-state index in [4.69, 9.17) is 10.5 Å². The molecular weight excluding hydrogens is 324 g/mol. The molecule has 0 amide bonds. The Morgan fingerprint density at radius 2 is 1.81 bits per heavy atom. The first kappa shape index (κ1) is 16.4. The zero-order chi connectivity index (χ0) is 18.1. The Bertz CT molecular complexity index is 934. The minimum atomic E-state index is 0.392. The lowest BCUT2D eigenvalue weighted by Crippen LogP contribution is -2.26. The molecule has 0 atom stereocenters. The second kappa shape index (κ2) is 6.67. The Morgan fingerprint density at radius 3 is 2.62 bits per heavy atom. The number of nitrogens with zero attached hydrogens (tertiary/aromatic N) is 3. The van der Waals surface area contributed by atoms with Crippen LogP contribution in [0.1, 0.15) is 23.1 Å². The van der Waals surface area contributed by atoms with Gasteiger partial charge in [0.1, 0.15) is 17.8 Å². The van der Waals surface area contributed by atoms with Gasteiger partial charge in [-0.15, -0.1) is 0 Å². The van der Waals surface area contributed by atoms with Crippen molar-refractivity contribution in [3.05, 3.63) is 65.5 Å². The predicted octanol–water partition coefficient (Wildman–Crippen LogP) is 4.55. The average molecular weight is 346 g/mol. The highest BCUT2D eigenvalue weighted by molar-refractivity contribution is 5.76. The van der Waals surface area contributed by atoms with Crippen LogP contribution in [0.4, 0.5) is 17.2 Å². The van der Waals surface area contributed by atoms with Crippen molar-refractivity contribution in [2.45, 2.75) is 26.7 Å². The molecule has 5 nitrogen and oxygen atoms in total. The predicted molar refractivity (Wildman–Crippen MR) is 104 cm³/mol. The number of anilines is 3. The monoisotopic (exact) mass is 346 g/mol. The first-order valence-corrected chi connectivity index (χ1v) is 8.84. The summed E-state index contributed by atoms with van der Waals surface area (Å²) in [5, 5.41) is 0. The zero-order valence-corrected chi connectivity index (χ0v) is 15.1. The number of benzene rings is 2. The molecule has 26 heavy (non-hydrogen) atoms. The van der Waals surface area contributed by atoms with Crippen LogP contribution in [0.2, 0.25) is 0 Å². The summed E-state index contributed by atoms with van der Waals surface area (Å²) in [5.74, 6) is 1.83. The first-order chi connectivity index (χ1) is 12.6. The van der Waals surface area contributed by atoms with Gasteiger partial charge in [0.25, 0.3) is 0 Å². The number of aryl methyl sites for hydroxylation is 3. The van der Waals surface area contributed by atoms with Crippen molar-refractivity contribution in [2.24, 2.45) is 0 Å². The zero-order valence-electron chi connectivity index (χ0n) is 15.1. The number of nitrogen functional groups attached to an aromatic ring is 1. The second-order valence-electron chi connectivity index (χ2n) is 6.73. The molecule has 2 heterocycles. The van der Waals surface area contributed by atoms with Crippen molar-refractivity contribution >= 4 is 17.2 Å². The average Bonchev–Trinajstić information content (AvgIpc) is 2.62. The second-order valence-corrected chi connectivity index (χ2v) is 6.73. The third-order valence-corrected chi connectivity index (χ3v) is 4.60. The van der Waals surface area contributed by atoms with Gasteiger partial charge in [0.05, 0.1) is 0 Å². The molecule has 4 rings (SSSR count). The third-order valence-electron chi connectivity index (χ3n) is 4.60. The van der Waals surface area contributed by atoms with Gasteiger partial charge in [0, 0.05) is 12.2 Å². The van der Waals surface area contributed by atoms with Gasteiger partial charge < -0.3 is 15.4 Å². The molecule has 1 aromatic heterocycles. The molecule has 0 radical (unpaired) electrons. The van der Waals surface area contributed by atoms with Crippen LogP contribution in [-0.4, -0.2) is 16.5 Å². The Balaban J connectivity index is 1.71. The standard InChI is InChI=1S/C21H22N4O/c1-14-10-15(2)12-17(11-14)26-21-19(22)20(23-13-24-21)25-9-5-7-16-6-3-4-8-18(16)25/h3-4,6,8,10-13H,5,7,9,22H2,1-2H3. The summed E-state index contributed by atoms with van der Waals surface area (Å²) in [5.41, 5.74) is 11.6. The maximum atomic E-state index is 6.40. The Kier molecular flexibility index (Phi) is 4.21. The highest BCUT2D eigenvalue weighted by Gasteiger charge is 2.22. The van der Waals surface area contributed by atoms with Gasteiger partial charge in [-0.25, -0.2) is 4.98 Å². The molecule has 0 fully saturated rings. The molecule has 0 saturated carbocycles. The van der Waals surface area contributed by atoms with Crippen LogP contribution in [0.25, 0.3) is 0 Å². The van der Waals surface area contributed by atoms with Gasteiger partial charge in [0.2, 0.25) is 5.88 Å². The van der Waals surface area contributed by atoms with Crippen molar-refractivity contribution in [3.63, 3.8) is 0 Å². The van der Waals surface area contributed by atoms with Crippen LogP contribution in [0.5, 0.6) is 11.6 Å². The first-order valence-electron chi connectivity index (χ1n) is 8.84. The molecule has 2 aromatic carbocycles. The van der Waals surface area contributed by atoms with Crippen LogP contribution in [0, 0.1) is 13.8 Å². The number of nitrogens with two attached hydrogens (primary N) is 1. The van der Waals surface area contributed by atoms with E-state index in [9.17, 15) is 0 Å². The van der Waals surface area contributed by atoms with E-state index < -0.39 is 0 Å². The number of rotatable bonds is 3. The molecular formula is C21H22N4O. The van der Waals surface area contributed by atoms with Crippen LogP contribution in [0.15, 0.2) is 48.8 Å². The van der Waals surface area contributed by atoms with Gasteiger partial charge in [-0.05, 0) is 61.6 Å². The van der Waals surface area contributed by atoms with E-state index in [0.29, 0.717) is 17.4 Å². The molecule has 0 bridgehead atoms. The van der Waals surface area contributed by atoms with Crippen LogP contribution < -0.4 is 15.4 Å². The van der Waals surface area contributed by atoms with Gasteiger partial charge >= 0.3 is 0 Å². The van der Waals surface area contributed by atoms with Crippen molar-refractivity contribution in [3.8, 4) is 11.6 Å². The highest BCUT2D eigenvalue weighted by atomic mass is 16.5. The SMILES string of the molecule is Cc1cc(C)cc(Oc2ncnc(N3CCCc4ccccc43)c2N)c1. The van der Waals surface area contributed by atoms with Gasteiger partial charge in [-0.1, -0.05) is 24.3 Å². The fraction of sp³-hybridized carbons (Fsp3) is 0.238. The van der Waals surface area contributed by atoms with E-state index in [2.05, 4.69) is 39.1 Å². The molecule has 132 valence electrons. The van der Waals surface area contributed by atoms with Crippen molar-refractivity contribution < 1.29 is 4.74 Å². The Morgan fingerprint density at radius 1 is 1.04 bits per heavy atom. The normalized spacial score (nSPS) is 13.4. The molecule has 0 aliphatic carbocycles. The van der Waals surface area contributed by atoms with E-state index in [1.54, 1.807) is 0 Å². The summed E-state index contributed by atoms with van der Waals surface area (Å²) in [7, 11) is 0. The maximum Gasteiger partial charge on any atom is 0.248 e. The smallest absolute Gasteiger partial charge is 0.248 e. The van der Waals surface area contributed by atoms with E-state index in [1.165, 1.54) is 11.9 Å². The summed E-state index contributed by atoms with van der Waals surface area (Å²) in [6.45, 7) is 4.96. The summed E-state index contributed by atoms with van der Waals surface area (Å²) in [4.78, 5) is 10.9. The van der Waals surface area contributed by atoms with Gasteiger partial charge in [-0.2, -0.15) is 4.98 Å². The van der Waals surface area contributed by atoms with E-state index in [1.807, 2.05) is 32.0 Å². The summed E-state index contributed by atoms with van der Waals surface area (Å²) < 4.78 is 5.99. The molecule has 1 aliphatic rings. The largest absolute Gasteiger partial charge is 0.437 e. The molecule has 2 N–H and O–H groups in total. The molecule has 1 aliphatic heterocycles. The van der Waals surface area contributed by atoms with Crippen molar-refractivity contribution in [1.29, 1.82) is 0 Å². The Labute approximate surface area is 153 Å². The molecule has 3 aromatic rings. The quantitative estimate of drug-likeness (QED) is 0.753. The fourth-order valence-corrected chi connectivity index (χ4v) is 3.52. The number of hydrogen-bond donors (Lipinski definition) is 1. The minimum Gasteiger partial charge on any atom is -0.437 e. The van der Waals surface area contributed by atoms with Crippen LogP contribution >= 0.6 is 0 Å². The van der Waals surface area contributed by atoms with Crippen LogP contribution in [0.3, 0.4) is 0 Å². The van der Waals surface area contributed by atoms with Crippen LogP contribution in [-0.2, 0) is 6.42 Å². The third kappa shape index (κ3) is 3.08. The van der Waals surface area contributed by atoms with E-state index in [-0.39, 0.29) is 0 Å². The van der Waals surface area contributed by atoms with Gasteiger partial charge in [-0.3, -0.25) is 0 Å². The summed E-state index contributed by atoms with van der Waals surface area (Å²) in [6.07, 6.45) is 3.65. The summed E-state index contributed by atoms with van der Waals surface area (Å²) in [6, 6.07) is 14.4. The topological polar surface area (TPSA) is 64.3 Å². The van der Waals surface area contributed by atoms with E-state index in [0.717, 1.165) is 42.0 Å². The fourth-order valence-electron chi connectivity index (χ4n) is 3.52.